The lowest BCUT2D eigenvalue weighted by atomic mass is 10.0. The Morgan fingerprint density at radius 1 is 1.14 bits per heavy atom. The van der Waals surface area contributed by atoms with E-state index in [1.807, 2.05) is 12.3 Å². The highest BCUT2D eigenvalue weighted by Gasteiger charge is 2.44. The number of benzene rings is 1. The molecule has 1 saturated heterocycles. The van der Waals surface area contributed by atoms with Crippen LogP contribution in [0.4, 0.5) is 11.5 Å². The Kier molecular flexibility index (Phi) is 5.83. The molecule has 1 N–H and O–H groups in total. The first-order chi connectivity index (χ1) is 13.7. The first kappa shape index (κ1) is 19.2. The molecule has 0 bridgehead atoms. The highest BCUT2D eigenvalue weighted by atomic mass is 16.5. The summed E-state index contributed by atoms with van der Waals surface area (Å²) in [6, 6.07) is 15.4. The number of nitrogens with one attached hydrogen (secondary N) is 1. The van der Waals surface area contributed by atoms with Crippen molar-refractivity contribution in [2.24, 2.45) is 0 Å². The van der Waals surface area contributed by atoms with Gasteiger partial charge in [0, 0.05) is 45.5 Å². The predicted octanol–water partition coefficient (Wildman–Crippen LogP) is 4.12. The summed E-state index contributed by atoms with van der Waals surface area (Å²) in [5.74, 6) is 1.04. The summed E-state index contributed by atoms with van der Waals surface area (Å²) in [5.41, 5.74) is 2.31. The van der Waals surface area contributed by atoms with Gasteiger partial charge >= 0.3 is 0 Å². The molecular formula is C23H32N4O. The van der Waals surface area contributed by atoms with E-state index in [0.717, 1.165) is 63.4 Å². The van der Waals surface area contributed by atoms with Crippen molar-refractivity contribution in [2.75, 3.05) is 37.0 Å². The molecule has 1 aromatic carbocycles. The second-order valence-electron chi connectivity index (χ2n) is 8.03. The molecule has 1 saturated carbocycles. The van der Waals surface area contributed by atoms with Crippen LogP contribution < -0.4 is 10.2 Å². The summed E-state index contributed by atoms with van der Waals surface area (Å²) in [7, 11) is 2.19. The van der Waals surface area contributed by atoms with Gasteiger partial charge in [0.15, 0.2) is 5.82 Å². The predicted molar refractivity (Wildman–Crippen MR) is 115 cm³/mol. The fourth-order valence-corrected chi connectivity index (χ4v) is 4.20. The number of hydrogen-bond acceptors (Lipinski definition) is 5. The molecule has 1 aliphatic heterocycles. The number of aromatic nitrogens is 1. The average Bonchev–Trinajstić information content (AvgIpc) is 3.48. The number of nitrogens with zero attached hydrogens (tertiary/aromatic N) is 3. The molecule has 4 rings (SSSR count). The van der Waals surface area contributed by atoms with E-state index in [2.05, 4.69) is 65.5 Å². The van der Waals surface area contributed by atoms with Crippen LogP contribution in [0.25, 0.3) is 0 Å². The summed E-state index contributed by atoms with van der Waals surface area (Å²) in [6.45, 7) is 6.09. The maximum atomic E-state index is 5.93. The Morgan fingerprint density at radius 2 is 1.89 bits per heavy atom. The smallest absolute Gasteiger partial charge is 0.152 e. The van der Waals surface area contributed by atoms with Gasteiger partial charge in [-0.15, -0.1) is 0 Å². The lowest BCUT2D eigenvalue weighted by molar-refractivity contribution is 0.0632. The van der Waals surface area contributed by atoms with Crippen LogP contribution in [0, 0.1) is 0 Å². The molecule has 0 unspecified atom stereocenters. The van der Waals surface area contributed by atoms with Gasteiger partial charge in [-0.25, -0.2) is 4.98 Å². The van der Waals surface area contributed by atoms with Crippen LogP contribution in [0.2, 0.25) is 0 Å². The van der Waals surface area contributed by atoms with Crippen molar-refractivity contribution in [2.45, 2.75) is 50.9 Å². The third-order valence-electron chi connectivity index (χ3n) is 5.96. The molecule has 2 aliphatic rings. The van der Waals surface area contributed by atoms with Gasteiger partial charge < -0.3 is 15.0 Å². The van der Waals surface area contributed by atoms with E-state index in [4.69, 9.17) is 9.72 Å². The standard InChI is InChI=1S/C23H32N4O/c1-3-28-23(13-14-23)25-21-10-7-15-24-22(21)26(2)20-11-16-27(17-12-20)18-19-8-5-4-6-9-19/h4-10,15,20,25H,3,11-14,16-18H2,1-2H3. The maximum absolute atomic E-state index is 5.93. The van der Waals surface area contributed by atoms with Crippen molar-refractivity contribution in [3.05, 3.63) is 54.2 Å². The fraction of sp³-hybridized carbons (Fsp3) is 0.522. The van der Waals surface area contributed by atoms with E-state index in [-0.39, 0.29) is 5.72 Å². The van der Waals surface area contributed by atoms with Crippen molar-refractivity contribution < 1.29 is 4.74 Å². The Bertz CT molecular complexity index is 754. The van der Waals surface area contributed by atoms with Crippen LogP contribution in [0.1, 0.15) is 38.2 Å². The number of pyridine rings is 1. The molecule has 1 aromatic heterocycles. The lowest BCUT2D eigenvalue weighted by Crippen LogP contribution is -2.43. The van der Waals surface area contributed by atoms with Gasteiger partial charge in [0.2, 0.25) is 0 Å². The van der Waals surface area contributed by atoms with Crippen LogP contribution in [0.15, 0.2) is 48.7 Å². The van der Waals surface area contributed by atoms with E-state index >= 15 is 0 Å². The minimum Gasteiger partial charge on any atom is -0.356 e. The van der Waals surface area contributed by atoms with Gasteiger partial charge in [0.05, 0.1) is 5.69 Å². The van der Waals surface area contributed by atoms with E-state index in [0.29, 0.717) is 6.04 Å². The molecule has 2 fully saturated rings. The van der Waals surface area contributed by atoms with E-state index in [9.17, 15) is 0 Å². The largest absolute Gasteiger partial charge is 0.356 e. The second-order valence-corrected chi connectivity index (χ2v) is 8.03. The monoisotopic (exact) mass is 380 g/mol. The first-order valence-electron chi connectivity index (χ1n) is 10.6. The molecule has 5 nitrogen and oxygen atoms in total. The van der Waals surface area contributed by atoms with Crippen molar-refractivity contribution in [3.63, 3.8) is 0 Å². The molecule has 28 heavy (non-hydrogen) atoms. The molecule has 0 amide bonds. The number of rotatable bonds is 8. The molecule has 2 heterocycles. The van der Waals surface area contributed by atoms with Crippen LogP contribution in [-0.4, -0.2) is 48.4 Å². The van der Waals surface area contributed by atoms with Gasteiger partial charge in [-0.1, -0.05) is 30.3 Å². The maximum Gasteiger partial charge on any atom is 0.152 e. The van der Waals surface area contributed by atoms with E-state index in [1.54, 1.807) is 0 Å². The molecular weight excluding hydrogens is 348 g/mol. The van der Waals surface area contributed by atoms with Gasteiger partial charge in [0.25, 0.3) is 0 Å². The highest BCUT2D eigenvalue weighted by Crippen LogP contribution is 2.42. The number of hydrogen-bond donors (Lipinski definition) is 1. The minimum absolute atomic E-state index is 0.174. The Balaban J connectivity index is 1.37. The molecule has 0 radical (unpaired) electrons. The summed E-state index contributed by atoms with van der Waals surface area (Å²) >= 11 is 0. The van der Waals surface area contributed by atoms with Crippen LogP contribution >= 0.6 is 0 Å². The van der Waals surface area contributed by atoms with Crippen LogP contribution in [0.5, 0.6) is 0 Å². The normalized spacial score (nSPS) is 19.4. The topological polar surface area (TPSA) is 40.6 Å². The zero-order chi connectivity index (χ0) is 19.4. The van der Waals surface area contributed by atoms with Crippen LogP contribution in [-0.2, 0) is 11.3 Å². The third-order valence-corrected chi connectivity index (χ3v) is 5.96. The summed E-state index contributed by atoms with van der Waals surface area (Å²) in [5, 5.41) is 3.62. The molecule has 0 atom stereocenters. The van der Waals surface area contributed by atoms with E-state index in [1.165, 1.54) is 5.56 Å². The molecule has 5 heteroatoms. The van der Waals surface area contributed by atoms with Crippen LogP contribution in [0.3, 0.4) is 0 Å². The van der Waals surface area contributed by atoms with Crippen molar-refractivity contribution in [1.82, 2.24) is 9.88 Å². The first-order valence-corrected chi connectivity index (χ1v) is 10.6. The van der Waals surface area contributed by atoms with E-state index < -0.39 is 0 Å². The zero-order valence-corrected chi connectivity index (χ0v) is 17.1. The van der Waals surface area contributed by atoms with Gasteiger partial charge in [-0.3, -0.25) is 4.90 Å². The number of piperidine rings is 1. The fourth-order valence-electron chi connectivity index (χ4n) is 4.20. The number of ether oxygens (including phenoxy) is 1. The molecule has 150 valence electrons. The van der Waals surface area contributed by atoms with Crippen molar-refractivity contribution in [3.8, 4) is 0 Å². The second kappa shape index (κ2) is 8.50. The van der Waals surface area contributed by atoms with Gasteiger partial charge in [0.1, 0.15) is 5.72 Å². The van der Waals surface area contributed by atoms with Crippen molar-refractivity contribution in [1.29, 1.82) is 0 Å². The summed E-state index contributed by atoms with van der Waals surface area (Å²) < 4.78 is 5.93. The number of likely N-dealkylation sites (tertiary alicyclic amines) is 1. The highest BCUT2D eigenvalue weighted by molar-refractivity contribution is 5.66. The Morgan fingerprint density at radius 3 is 2.57 bits per heavy atom. The lowest BCUT2D eigenvalue weighted by Gasteiger charge is -2.38. The summed E-state index contributed by atoms with van der Waals surface area (Å²) in [4.78, 5) is 9.63. The minimum atomic E-state index is -0.174. The number of anilines is 2. The molecule has 2 aromatic rings. The molecule has 1 aliphatic carbocycles. The SMILES string of the molecule is CCOC1(Nc2cccnc2N(C)C2CCN(Cc3ccccc3)CC2)CC1. The van der Waals surface area contributed by atoms with Gasteiger partial charge in [-0.05, 0) is 50.3 Å². The third kappa shape index (κ3) is 4.47. The molecule has 0 spiro atoms. The van der Waals surface area contributed by atoms with Gasteiger partial charge in [-0.2, -0.15) is 0 Å². The summed E-state index contributed by atoms with van der Waals surface area (Å²) in [6.07, 6.45) is 6.35. The zero-order valence-electron chi connectivity index (χ0n) is 17.1. The Hall–Kier alpha value is -2.11. The Labute approximate surface area is 168 Å². The average molecular weight is 381 g/mol. The van der Waals surface area contributed by atoms with Crippen molar-refractivity contribution >= 4 is 11.5 Å². The quantitative estimate of drug-likeness (QED) is 0.698.